The first-order valence-corrected chi connectivity index (χ1v) is 8.24. The average molecular weight is 286 g/mol. The van der Waals surface area contributed by atoms with Gasteiger partial charge in [0.25, 0.3) is 0 Å². The molecule has 1 saturated carbocycles. The molecule has 0 radical (unpaired) electrons. The van der Waals surface area contributed by atoms with Crippen LogP contribution in [0.15, 0.2) is 30.3 Å². The van der Waals surface area contributed by atoms with Crippen LogP contribution in [0.25, 0.3) is 0 Å². The van der Waals surface area contributed by atoms with Crippen molar-refractivity contribution in [1.82, 2.24) is 10.2 Å². The van der Waals surface area contributed by atoms with E-state index < -0.39 is 0 Å². The molecule has 2 aliphatic rings. The summed E-state index contributed by atoms with van der Waals surface area (Å²) in [6, 6.07) is 11.1. The molecule has 21 heavy (non-hydrogen) atoms. The second-order valence-electron chi connectivity index (χ2n) is 6.92. The maximum absolute atomic E-state index is 12.6. The normalized spacial score (nSPS) is 26.1. The van der Waals surface area contributed by atoms with Gasteiger partial charge in [-0.15, -0.1) is 0 Å². The van der Waals surface area contributed by atoms with Crippen LogP contribution >= 0.6 is 0 Å². The lowest BCUT2D eigenvalue weighted by Crippen LogP contribution is -2.55. The van der Waals surface area contributed by atoms with Crippen molar-refractivity contribution in [2.45, 2.75) is 45.2 Å². The van der Waals surface area contributed by atoms with Crippen LogP contribution in [0.1, 0.15) is 44.7 Å². The quantitative estimate of drug-likeness (QED) is 0.923. The van der Waals surface area contributed by atoms with Gasteiger partial charge in [-0.3, -0.25) is 4.79 Å². The molecule has 1 saturated heterocycles. The first-order valence-electron chi connectivity index (χ1n) is 8.24. The van der Waals surface area contributed by atoms with Crippen molar-refractivity contribution in [1.29, 1.82) is 0 Å². The predicted octanol–water partition coefficient (Wildman–Crippen LogP) is 2.98. The molecule has 2 unspecified atom stereocenters. The summed E-state index contributed by atoms with van der Waals surface area (Å²) in [7, 11) is 0. The zero-order valence-electron chi connectivity index (χ0n) is 13.1. The number of carbonyl (C=O) groups excluding carboxylic acids is 1. The van der Waals surface area contributed by atoms with Crippen LogP contribution in [0.2, 0.25) is 0 Å². The van der Waals surface area contributed by atoms with Crippen molar-refractivity contribution in [3.8, 4) is 0 Å². The van der Waals surface area contributed by atoms with Crippen molar-refractivity contribution in [3.63, 3.8) is 0 Å². The van der Waals surface area contributed by atoms with Crippen LogP contribution in [0.4, 0.5) is 0 Å². The van der Waals surface area contributed by atoms with Gasteiger partial charge >= 0.3 is 0 Å². The lowest BCUT2D eigenvalue weighted by molar-refractivity contribution is -0.137. The molecule has 1 aliphatic carbocycles. The van der Waals surface area contributed by atoms with Crippen molar-refractivity contribution >= 4 is 5.91 Å². The smallest absolute Gasteiger partial charge is 0.226 e. The predicted molar refractivity (Wildman–Crippen MR) is 84.9 cm³/mol. The average Bonchev–Trinajstić information content (AvgIpc) is 3.32. The molecule has 1 heterocycles. The first-order chi connectivity index (χ1) is 10.1. The lowest BCUT2D eigenvalue weighted by atomic mass is 9.96. The molecule has 2 atom stereocenters. The monoisotopic (exact) mass is 286 g/mol. The van der Waals surface area contributed by atoms with Gasteiger partial charge in [-0.25, -0.2) is 0 Å². The number of piperazine rings is 1. The number of hydrogen-bond donors (Lipinski definition) is 1. The highest BCUT2D eigenvalue weighted by molar-refractivity contribution is 5.81. The van der Waals surface area contributed by atoms with Crippen LogP contribution in [-0.4, -0.2) is 29.9 Å². The maximum Gasteiger partial charge on any atom is 0.226 e. The Balaban J connectivity index is 1.74. The van der Waals surface area contributed by atoms with Gasteiger partial charge in [0.15, 0.2) is 0 Å². The molecule has 3 nitrogen and oxygen atoms in total. The summed E-state index contributed by atoms with van der Waals surface area (Å²) in [5.74, 6) is 1.33. The van der Waals surface area contributed by atoms with E-state index in [2.05, 4.69) is 48.3 Å². The zero-order chi connectivity index (χ0) is 14.8. The molecule has 3 heteroatoms. The van der Waals surface area contributed by atoms with Gasteiger partial charge in [0.05, 0.1) is 0 Å². The highest BCUT2D eigenvalue weighted by Crippen LogP contribution is 2.34. The minimum Gasteiger partial charge on any atom is -0.336 e. The summed E-state index contributed by atoms with van der Waals surface area (Å²) in [6.45, 7) is 6.21. The van der Waals surface area contributed by atoms with Crippen LogP contribution in [-0.2, 0) is 4.79 Å². The number of nitrogens with zero attached hydrogens (tertiary/aromatic N) is 1. The Morgan fingerprint density at radius 1 is 1.29 bits per heavy atom. The van der Waals surface area contributed by atoms with Crippen molar-refractivity contribution in [2.24, 2.45) is 11.8 Å². The van der Waals surface area contributed by atoms with E-state index >= 15 is 0 Å². The molecule has 114 valence electrons. The van der Waals surface area contributed by atoms with E-state index in [4.69, 9.17) is 0 Å². The van der Waals surface area contributed by atoms with Gasteiger partial charge in [0.1, 0.15) is 0 Å². The third-order valence-corrected chi connectivity index (χ3v) is 4.58. The number of hydrogen-bond acceptors (Lipinski definition) is 2. The maximum atomic E-state index is 12.6. The van der Waals surface area contributed by atoms with Crippen LogP contribution in [0.3, 0.4) is 0 Å². The van der Waals surface area contributed by atoms with Crippen LogP contribution < -0.4 is 5.32 Å². The summed E-state index contributed by atoms with van der Waals surface area (Å²) < 4.78 is 0. The molecule has 0 spiro atoms. The Kier molecular flexibility index (Phi) is 4.29. The SMILES string of the molecule is CC(C)CC1CNC(c2ccccc2)CN1C(=O)C1CC1. The van der Waals surface area contributed by atoms with Gasteiger partial charge in [0.2, 0.25) is 5.91 Å². The highest BCUT2D eigenvalue weighted by atomic mass is 16.2. The summed E-state index contributed by atoms with van der Waals surface area (Å²) >= 11 is 0. The van der Waals surface area contributed by atoms with Gasteiger partial charge in [-0.2, -0.15) is 0 Å². The second kappa shape index (κ2) is 6.18. The molecule has 1 N–H and O–H groups in total. The van der Waals surface area contributed by atoms with E-state index in [-0.39, 0.29) is 6.04 Å². The van der Waals surface area contributed by atoms with Gasteiger partial charge in [0, 0.05) is 31.1 Å². The Morgan fingerprint density at radius 3 is 2.62 bits per heavy atom. The number of amides is 1. The topological polar surface area (TPSA) is 32.3 Å². The Bertz CT molecular complexity index is 481. The Morgan fingerprint density at radius 2 is 2.00 bits per heavy atom. The molecular formula is C18H26N2O. The second-order valence-corrected chi connectivity index (χ2v) is 6.92. The number of nitrogens with one attached hydrogen (secondary N) is 1. The summed E-state index contributed by atoms with van der Waals surface area (Å²) in [6.07, 6.45) is 3.27. The largest absolute Gasteiger partial charge is 0.336 e. The first kappa shape index (κ1) is 14.6. The van der Waals surface area contributed by atoms with E-state index in [1.165, 1.54) is 5.56 Å². The lowest BCUT2D eigenvalue weighted by Gasteiger charge is -2.41. The van der Waals surface area contributed by atoms with Crippen LogP contribution in [0.5, 0.6) is 0 Å². The number of carbonyl (C=O) groups is 1. The number of rotatable bonds is 4. The van der Waals surface area contributed by atoms with Crippen molar-refractivity contribution in [3.05, 3.63) is 35.9 Å². The van der Waals surface area contributed by atoms with Crippen molar-refractivity contribution in [2.75, 3.05) is 13.1 Å². The molecule has 1 aromatic carbocycles. The van der Waals surface area contributed by atoms with E-state index in [1.54, 1.807) is 0 Å². The highest BCUT2D eigenvalue weighted by Gasteiger charge is 2.39. The van der Waals surface area contributed by atoms with Gasteiger partial charge < -0.3 is 10.2 Å². The Labute approximate surface area is 127 Å². The third kappa shape index (κ3) is 3.46. The van der Waals surface area contributed by atoms with E-state index in [1.807, 2.05) is 6.07 Å². The standard InChI is InChI=1S/C18H26N2O/c1-13(2)10-16-11-19-17(14-6-4-3-5-7-14)12-20(16)18(21)15-8-9-15/h3-7,13,15-17,19H,8-12H2,1-2H3. The fourth-order valence-corrected chi connectivity index (χ4v) is 3.30. The molecule has 1 amide bonds. The molecule has 0 bridgehead atoms. The molecule has 1 aliphatic heterocycles. The van der Waals surface area contributed by atoms with E-state index in [0.29, 0.717) is 23.8 Å². The Hall–Kier alpha value is -1.35. The minimum absolute atomic E-state index is 0.275. The minimum atomic E-state index is 0.275. The molecular weight excluding hydrogens is 260 g/mol. The molecule has 3 rings (SSSR count). The molecule has 1 aromatic rings. The van der Waals surface area contributed by atoms with Crippen LogP contribution in [0, 0.1) is 11.8 Å². The molecule has 0 aromatic heterocycles. The fraction of sp³-hybridized carbons (Fsp3) is 0.611. The third-order valence-electron chi connectivity index (χ3n) is 4.58. The summed E-state index contributed by atoms with van der Waals surface area (Å²) in [5, 5.41) is 3.64. The van der Waals surface area contributed by atoms with E-state index in [9.17, 15) is 4.79 Å². The van der Waals surface area contributed by atoms with E-state index in [0.717, 1.165) is 32.4 Å². The summed E-state index contributed by atoms with van der Waals surface area (Å²) in [4.78, 5) is 14.8. The molecule has 2 fully saturated rings. The number of benzene rings is 1. The zero-order valence-corrected chi connectivity index (χ0v) is 13.1. The summed E-state index contributed by atoms with van der Waals surface area (Å²) in [5.41, 5.74) is 1.29. The van der Waals surface area contributed by atoms with Crippen molar-refractivity contribution < 1.29 is 4.79 Å². The fourth-order valence-electron chi connectivity index (χ4n) is 3.30. The van der Waals surface area contributed by atoms with Gasteiger partial charge in [-0.1, -0.05) is 44.2 Å². The van der Waals surface area contributed by atoms with Gasteiger partial charge in [-0.05, 0) is 30.7 Å².